The first-order valence-corrected chi connectivity index (χ1v) is 7.95. The van der Waals surface area contributed by atoms with Crippen LogP contribution < -0.4 is 10.6 Å². The third kappa shape index (κ3) is 2.20. The molecule has 4 rings (SSSR count). The monoisotopic (exact) mass is 323 g/mol. The zero-order chi connectivity index (χ0) is 16.7. The highest BCUT2D eigenvalue weighted by molar-refractivity contribution is 6.23. The van der Waals surface area contributed by atoms with Crippen LogP contribution in [0.3, 0.4) is 0 Å². The Morgan fingerprint density at radius 1 is 1.08 bits per heavy atom. The number of anilines is 2. The maximum atomic E-state index is 12.7. The van der Waals surface area contributed by atoms with Crippen molar-refractivity contribution in [2.45, 2.75) is 18.9 Å². The van der Waals surface area contributed by atoms with Crippen molar-refractivity contribution >= 4 is 23.5 Å². The van der Waals surface area contributed by atoms with Gasteiger partial charge in [0.2, 0.25) is 5.95 Å². The van der Waals surface area contributed by atoms with E-state index in [1.807, 2.05) is 4.90 Å². The Kier molecular flexibility index (Phi) is 3.41. The van der Waals surface area contributed by atoms with Crippen molar-refractivity contribution in [1.82, 2.24) is 14.9 Å². The molecule has 1 aromatic carbocycles. The molecule has 2 aliphatic rings. The van der Waals surface area contributed by atoms with E-state index in [2.05, 4.69) is 9.97 Å². The van der Waals surface area contributed by atoms with E-state index in [1.165, 1.54) is 4.90 Å². The van der Waals surface area contributed by atoms with Gasteiger partial charge in [0.05, 0.1) is 17.2 Å². The lowest BCUT2D eigenvalue weighted by molar-refractivity contribution is 0.0570. The topological polar surface area (TPSA) is 92.4 Å². The van der Waals surface area contributed by atoms with E-state index < -0.39 is 0 Å². The number of piperidine rings is 1. The summed E-state index contributed by atoms with van der Waals surface area (Å²) in [5, 5.41) is 0. The van der Waals surface area contributed by atoms with Gasteiger partial charge in [-0.1, -0.05) is 6.07 Å². The van der Waals surface area contributed by atoms with E-state index in [9.17, 15) is 9.59 Å². The molecule has 122 valence electrons. The van der Waals surface area contributed by atoms with Crippen LogP contribution in [0.15, 0.2) is 36.7 Å². The zero-order valence-electron chi connectivity index (χ0n) is 13.1. The van der Waals surface area contributed by atoms with Crippen molar-refractivity contribution in [3.8, 4) is 0 Å². The van der Waals surface area contributed by atoms with Gasteiger partial charge >= 0.3 is 0 Å². The second kappa shape index (κ2) is 5.59. The number of nitrogen functional groups attached to an aromatic ring is 1. The predicted molar refractivity (Wildman–Crippen MR) is 88.6 cm³/mol. The minimum absolute atomic E-state index is 0.200. The van der Waals surface area contributed by atoms with E-state index in [0.29, 0.717) is 29.3 Å². The van der Waals surface area contributed by atoms with Gasteiger partial charge in [-0.3, -0.25) is 14.5 Å². The molecule has 1 saturated heterocycles. The number of nitrogens with zero attached hydrogens (tertiary/aromatic N) is 4. The Morgan fingerprint density at radius 3 is 2.62 bits per heavy atom. The fraction of sp³-hybridized carbons (Fsp3) is 0.294. The number of fused-ring (bicyclic) bond motifs is 1. The molecule has 0 bridgehead atoms. The van der Waals surface area contributed by atoms with E-state index in [4.69, 9.17) is 5.73 Å². The van der Waals surface area contributed by atoms with Crippen molar-refractivity contribution < 1.29 is 9.59 Å². The Bertz CT molecular complexity index is 808. The quantitative estimate of drug-likeness (QED) is 0.662. The number of carbonyl (C=O) groups excluding carboxylic acids is 2. The Labute approximate surface area is 139 Å². The first-order chi connectivity index (χ1) is 11.7. The summed E-state index contributed by atoms with van der Waals surface area (Å²) >= 11 is 0. The molecule has 2 amide bonds. The van der Waals surface area contributed by atoms with Gasteiger partial charge in [0.15, 0.2) is 0 Å². The number of carbonyl (C=O) groups is 2. The maximum Gasteiger partial charge on any atom is 0.263 e. The number of aromatic nitrogens is 2. The molecule has 7 heteroatoms. The average Bonchev–Trinajstić information content (AvgIpc) is 2.88. The molecule has 7 nitrogen and oxygen atoms in total. The fourth-order valence-corrected chi connectivity index (χ4v) is 3.46. The molecule has 0 unspecified atom stereocenters. The summed E-state index contributed by atoms with van der Waals surface area (Å²) in [5.74, 6) is 0.0652. The van der Waals surface area contributed by atoms with Gasteiger partial charge in [-0.25, -0.2) is 9.97 Å². The van der Waals surface area contributed by atoms with Crippen LogP contribution in [0.2, 0.25) is 0 Å². The Morgan fingerprint density at radius 2 is 1.88 bits per heavy atom. The van der Waals surface area contributed by atoms with Crippen LogP contribution in [0.4, 0.5) is 11.6 Å². The first kappa shape index (κ1) is 14.6. The van der Waals surface area contributed by atoms with Crippen molar-refractivity contribution in [1.29, 1.82) is 0 Å². The molecule has 0 radical (unpaired) electrons. The molecule has 0 spiro atoms. The Hall–Kier alpha value is -2.96. The maximum absolute atomic E-state index is 12.7. The minimum Gasteiger partial charge on any atom is -0.398 e. The van der Waals surface area contributed by atoms with Gasteiger partial charge in [0, 0.05) is 31.2 Å². The van der Waals surface area contributed by atoms with Gasteiger partial charge in [-0.2, -0.15) is 0 Å². The lowest BCUT2D eigenvalue weighted by Crippen LogP contribution is -2.50. The summed E-state index contributed by atoms with van der Waals surface area (Å²) in [7, 11) is 0. The number of hydrogen-bond donors (Lipinski definition) is 1. The molecule has 1 fully saturated rings. The van der Waals surface area contributed by atoms with E-state index in [-0.39, 0.29) is 17.9 Å². The number of benzene rings is 1. The molecule has 2 aromatic rings. The molecule has 2 N–H and O–H groups in total. The third-order valence-electron chi connectivity index (χ3n) is 4.58. The molecule has 1 atom stereocenters. The molecular formula is C17H17N5O2. The standard InChI is InChI=1S/C17H17N5O2/c18-13-6-1-5-12-14(13)16(24)22(15(12)23)11-4-2-9-21(10-11)17-19-7-3-8-20-17/h1,3,5-8,11H,2,4,9-10,18H2/t11-/m0/s1. The Balaban J connectivity index is 1.62. The number of rotatable bonds is 2. The van der Waals surface area contributed by atoms with Crippen molar-refractivity contribution in [3.05, 3.63) is 47.8 Å². The van der Waals surface area contributed by atoms with Gasteiger partial charge < -0.3 is 10.6 Å². The smallest absolute Gasteiger partial charge is 0.263 e. The highest BCUT2D eigenvalue weighted by atomic mass is 16.2. The van der Waals surface area contributed by atoms with E-state index in [0.717, 1.165) is 19.4 Å². The zero-order valence-corrected chi connectivity index (χ0v) is 13.1. The number of amides is 2. The largest absolute Gasteiger partial charge is 0.398 e. The summed E-state index contributed by atoms with van der Waals surface area (Å²) in [6, 6.07) is 6.58. The number of imide groups is 1. The molecule has 24 heavy (non-hydrogen) atoms. The van der Waals surface area contributed by atoms with Gasteiger partial charge in [0.1, 0.15) is 0 Å². The average molecular weight is 323 g/mol. The highest BCUT2D eigenvalue weighted by Gasteiger charge is 2.42. The van der Waals surface area contributed by atoms with Gasteiger partial charge in [-0.05, 0) is 31.0 Å². The minimum atomic E-state index is -0.297. The predicted octanol–water partition coefficient (Wildman–Crippen LogP) is 1.32. The molecule has 3 heterocycles. The van der Waals surface area contributed by atoms with Crippen LogP contribution in [0.5, 0.6) is 0 Å². The summed E-state index contributed by atoms with van der Waals surface area (Å²) in [4.78, 5) is 37.3. The molecule has 1 aromatic heterocycles. The summed E-state index contributed by atoms with van der Waals surface area (Å²) in [5.41, 5.74) is 6.98. The number of nitrogens with two attached hydrogens (primary N) is 1. The second-order valence-corrected chi connectivity index (χ2v) is 6.04. The van der Waals surface area contributed by atoms with Crippen LogP contribution in [-0.4, -0.2) is 45.8 Å². The van der Waals surface area contributed by atoms with Crippen LogP contribution >= 0.6 is 0 Å². The summed E-state index contributed by atoms with van der Waals surface area (Å²) < 4.78 is 0. The fourth-order valence-electron chi connectivity index (χ4n) is 3.46. The molecule has 2 aliphatic heterocycles. The molecule has 0 aliphatic carbocycles. The lowest BCUT2D eigenvalue weighted by atomic mass is 10.0. The number of hydrogen-bond acceptors (Lipinski definition) is 6. The van der Waals surface area contributed by atoms with Crippen LogP contribution in [0.1, 0.15) is 33.6 Å². The van der Waals surface area contributed by atoms with Gasteiger partial charge in [0.25, 0.3) is 11.8 Å². The summed E-state index contributed by atoms with van der Waals surface area (Å²) in [6.07, 6.45) is 5.02. The van der Waals surface area contributed by atoms with Crippen molar-refractivity contribution in [2.75, 3.05) is 23.7 Å². The first-order valence-electron chi connectivity index (χ1n) is 7.95. The SMILES string of the molecule is Nc1cccc2c1C(=O)N([C@H]1CCCN(c3ncccn3)C1)C2=O. The normalized spacial score (nSPS) is 20.4. The van der Waals surface area contributed by atoms with Crippen LogP contribution in [0.25, 0.3) is 0 Å². The second-order valence-electron chi connectivity index (χ2n) is 6.04. The third-order valence-corrected chi connectivity index (χ3v) is 4.58. The van der Waals surface area contributed by atoms with Crippen molar-refractivity contribution in [3.63, 3.8) is 0 Å². The van der Waals surface area contributed by atoms with E-state index in [1.54, 1.807) is 36.7 Å². The van der Waals surface area contributed by atoms with Crippen molar-refractivity contribution in [2.24, 2.45) is 0 Å². The summed E-state index contributed by atoms with van der Waals surface area (Å²) in [6.45, 7) is 1.35. The molecular weight excluding hydrogens is 306 g/mol. The lowest BCUT2D eigenvalue weighted by Gasteiger charge is -2.36. The van der Waals surface area contributed by atoms with Crippen LogP contribution in [0, 0.1) is 0 Å². The van der Waals surface area contributed by atoms with Crippen LogP contribution in [-0.2, 0) is 0 Å². The molecule has 0 saturated carbocycles. The highest BCUT2D eigenvalue weighted by Crippen LogP contribution is 2.31. The van der Waals surface area contributed by atoms with E-state index >= 15 is 0 Å². The van der Waals surface area contributed by atoms with Gasteiger partial charge in [-0.15, -0.1) is 0 Å².